The summed E-state index contributed by atoms with van der Waals surface area (Å²) < 4.78 is 0.995. The minimum Gasteiger partial charge on any atom is -0.480 e. The molecular formula is C15H17BrO2S. The summed E-state index contributed by atoms with van der Waals surface area (Å²) >= 11 is 5.02. The average Bonchev–Trinajstić information content (AvgIpc) is 2.99. The molecule has 2 aliphatic carbocycles. The predicted molar refractivity (Wildman–Crippen MR) is 80.4 cm³/mol. The van der Waals surface area contributed by atoms with Crippen molar-refractivity contribution in [1.82, 2.24) is 0 Å². The molecule has 0 saturated heterocycles. The zero-order chi connectivity index (χ0) is 13.4. The fourth-order valence-corrected chi connectivity index (χ4v) is 5.45. The number of thioether (sulfide) groups is 1. The summed E-state index contributed by atoms with van der Waals surface area (Å²) in [4.78, 5) is 12.7. The predicted octanol–water partition coefficient (Wildman–Crippen LogP) is 4.43. The van der Waals surface area contributed by atoms with E-state index in [1.807, 2.05) is 24.3 Å². The molecule has 2 nitrogen and oxygen atoms in total. The van der Waals surface area contributed by atoms with Crippen LogP contribution in [0.3, 0.4) is 0 Å². The molecule has 1 aromatic rings. The van der Waals surface area contributed by atoms with Crippen molar-refractivity contribution in [3.63, 3.8) is 0 Å². The summed E-state index contributed by atoms with van der Waals surface area (Å²) in [6.07, 6.45) is 4.91. The van der Waals surface area contributed by atoms with Gasteiger partial charge >= 0.3 is 5.97 Å². The summed E-state index contributed by atoms with van der Waals surface area (Å²) in [6.45, 7) is 0. The van der Waals surface area contributed by atoms with Gasteiger partial charge in [-0.25, -0.2) is 0 Å². The lowest BCUT2D eigenvalue weighted by Crippen LogP contribution is -2.30. The van der Waals surface area contributed by atoms with Crippen molar-refractivity contribution in [2.45, 2.75) is 35.8 Å². The van der Waals surface area contributed by atoms with E-state index in [2.05, 4.69) is 15.9 Å². The molecule has 0 radical (unpaired) electrons. The van der Waals surface area contributed by atoms with Gasteiger partial charge in [0.2, 0.25) is 0 Å². The molecule has 0 aliphatic heterocycles. The van der Waals surface area contributed by atoms with Gasteiger partial charge in [0.05, 0.1) is 0 Å². The van der Waals surface area contributed by atoms with Gasteiger partial charge in [0.25, 0.3) is 0 Å². The Hall–Kier alpha value is -0.480. The number of fused-ring (bicyclic) bond motifs is 2. The Labute approximate surface area is 126 Å². The molecule has 1 aromatic carbocycles. The van der Waals surface area contributed by atoms with Crippen LogP contribution in [-0.2, 0) is 4.79 Å². The van der Waals surface area contributed by atoms with E-state index in [1.165, 1.54) is 31.0 Å². The van der Waals surface area contributed by atoms with Crippen molar-refractivity contribution in [3.05, 3.63) is 28.7 Å². The summed E-state index contributed by atoms with van der Waals surface area (Å²) in [7, 11) is 0. The lowest BCUT2D eigenvalue weighted by atomic mass is 9.86. The van der Waals surface area contributed by atoms with Gasteiger partial charge in [0, 0.05) is 9.37 Å². The van der Waals surface area contributed by atoms with Gasteiger partial charge in [-0.1, -0.05) is 18.6 Å². The SMILES string of the molecule is O=C(O)C(Sc1ccccc1Br)C1CC2CCC1C2. The van der Waals surface area contributed by atoms with Crippen LogP contribution < -0.4 is 0 Å². The lowest BCUT2D eigenvalue weighted by Gasteiger charge is -2.27. The molecule has 4 unspecified atom stereocenters. The molecule has 4 heteroatoms. The molecule has 4 atom stereocenters. The standard InChI is InChI=1S/C15H17BrO2S/c16-12-3-1-2-4-13(12)19-14(15(17)18)11-8-9-5-6-10(11)7-9/h1-4,9-11,14H,5-8H2,(H,17,18). The highest BCUT2D eigenvalue weighted by Gasteiger charge is 2.45. The average molecular weight is 341 g/mol. The van der Waals surface area contributed by atoms with Crippen molar-refractivity contribution in [1.29, 1.82) is 0 Å². The van der Waals surface area contributed by atoms with Gasteiger partial charge in [0.1, 0.15) is 5.25 Å². The van der Waals surface area contributed by atoms with E-state index in [0.29, 0.717) is 11.8 Å². The summed E-state index contributed by atoms with van der Waals surface area (Å²) in [6, 6.07) is 7.90. The molecule has 3 rings (SSSR count). The Kier molecular flexibility index (Phi) is 3.90. The molecule has 2 aliphatic rings. The highest BCUT2D eigenvalue weighted by molar-refractivity contribution is 9.10. The van der Waals surface area contributed by atoms with Crippen molar-refractivity contribution >= 4 is 33.7 Å². The molecule has 102 valence electrons. The van der Waals surface area contributed by atoms with Crippen LogP contribution in [0.25, 0.3) is 0 Å². The first-order valence-electron chi connectivity index (χ1n) is 6.79. The minimum atomic E-state index is -0.654. The molecule has 0 heterocycles. The number of hydrogen-bond donors (Lipinski definition) is 1. The molecule has 0 spiro atoms. The first-order chi connectivity index (χ1) is 9.15. The highest BCUT2D eigenvalue weighted by Crippen LogP contribution is 2.52. The maximum absolute atomic E-state index is 11.6. The number of hydrogen-bond acceptors (Lipinski definition) is 2. The number of carboxylic acids is 1. The fraction of sp³-hybridized carbons (Fsp3) is 0.533. The molecule has 2 fully saturated rings. The Morgan fingerprint density at radius 1 is 1.32 bits per heavy atom. The second kappa shape index (κ2) is 5.49. The van der Waals surface area contributed by atoms with Crippen LogP contribution in [0.2, 0.25) is 0 Å². The van der Waals surface area contributed by atoms with Gasteiger partial charge in [-0.15, -0.1) is 11.8 Å². The number of rotatable bonds is 4. The second-order valence-electron chi connectivity index (χ2n) is 5.65. The third kappa shape index (κ3) is 2.70. The van der Waals surface area contributed by atoms with Gasteiger partial charge in [-0.2, -0.15) is 0 Å². The van der Waals surface area contributed by atoms with Crippen LogP contribution in [0.5, 0.6) is 0 Å². The van der Waals surface area contributed by atoms with Crippen LogP contribution in [0.15, 0.2) is 33.6 Å². The van der Waals surface area contributed by atoms with E-state index >= 15 is 0 Å². The van der Waals surface area contributed by atoms with Crippen LogP contribution in [-0.4, -0.2) is 16.3 Å². The largest absolute Gasteiger partial charge is 0.480 e. The monoisotopic (exact) mass is 340 g/mol. The number of carboxylic acid groups (broad SMARTS) is 1. The molecule has 2 bridgehead atoms. The quantitative estimate of drug-likeness (QED) is 0.823. The van der Waals surface area contributed by atoms with Crippen LogP contribution in [0, 0.1) is 17.8 Å². The molecular weight excluding hydrogens is 324 g/mol. The van der Waals surface area contributed by atoms with E-state index in [4.69, 9.17) is 0 Å². The van der Waals surface area contributed by atoms with Crippen molar-refractivity contribution in [2.75, 3.05) is 0 Å². The van der Waals surface area contributed by atoms with Crippen LogP contribution in [0.4, 0.5) is 0 Å². The number of benzene rings is 1. The van der Waals surface area contributed by atoms with Crippen molar-refractivity contribution < 1.29 is 9.90 Å². The fourth-order valence-electron chi connectivity index (χ4n) is 3.66. The van der Waals surface area contributed by atoms with E-state index < -0.39 is 5.97 Å². The topological polar surface area (TPSA) is 37.3 Å². The van der Waals surface area contributed by atoms with E-state index in [-0.39, 0.29) is 5.25 Å². The molecule has 0 amide bonds. The number of halogens is 1. The first-order valence-corrected chi connectivity index (χ1v) is 8.46. The molecule has 1 N–H and O–H groups in total. The Morgan fingerprint density at radius 2 is 2.11 bits per heavy atom. The highest BCUT2D eigenvalue weighted by atomic mass is 79.9. The molecule has 19 heavy (non-hydrogen) atoms. The zero-order valence-corrected chi connectivity index (χ0v) is 13.0. The van der Waals surface area contributed by atoms with Crippen LogP contribution in [0.1, 0.15) is 25.7 Å². The van der Waals surface area contributed by atoms with Gasteiger partial charge in [-0.05, 0) is 65.1 Å². The van der Waals surface area contributed by atoms with Gasteiger partial charge in [0.15, 0.2) is 0 Å². The van der Waals surface area contributed by atoms with E-state index in [9.17, 15) is 9.90 Å². The van der Waals surface area contributed by atoms with Gasteiger partial charge < -0.3 is 5.11 Å². The Morgan fingerprint density at radius 3 is 2.68 bits per heavy atom. The van der Waals surface area contributed by atoms with E-state index in [1.54, 1.807) is 0 Å². The molecule has 2 saturated carbocycles. The van der Waals surface area contributed by atoms with Crippen molar-refractivity contribution in [2.24, 2.45) is 17.8 Å². The maximum atomic E-state index is 11.6. The first kappa shape index (κ1) is 13.5. The summed E-state index contributed by atoms with van der Waals surface area (Å²) in [5.74, 6) is 1.13. The van der Waals surface area contributed by atoms with Gasteiger partial charge in [-0.3, -0.25) is 4.79 Å². The third-order valence-corrected chi connectivity index (χ3v) is 6.88. The second-order valence-corrected chi connectivity index (χ2v) is 7.68. The Bertz CT molecular complexity index is 491. The Balaban J connectivity index is 1.79. The zero-order valence-electron chi connectivity index (χ0n) is 10.6. The molecule has 0 aromatic heterocycles. The van der Waals surface area contributed by atoms with Crippen LogP contribution >= 0.6 is 27.7 Å². The number of carbonyl (C=O) groups is 1. The number of aliphatic carboxylic acids is 1. The maximum Gasteiger partial charge on any atom is 0.317 e. The lowest BCUT2D eigenvalue weighted by molar-refractivity contribution is -0.137. The summed E-state index contributed by atoms with van der Waals surface area (Å²) in [5, 5.41) is 9.28. The van der Waals surface area contributed by atoms with Crippen molar-refractivity contribution in [3.8, 4) is 0 Å². The smallest absolute Gasteiger partial charge is 0.317 e. The normalized spacial score (nSPS) is 30.5. The third-order valence-electron chi connectivity index (χ3n) is 4.52. The summed E-state index contributed by atoms with van der Waals surface area (Å²) in [5.41, 5.74) is 0. The minimum absolute atomic E-state index is 0.297. The van der Waals surface area contributed by atoms with E-state index in [0.717, 1.165) is 21.7 Å².